The average Bonchev–Trinajstić information content (AvgIpc) is 2.54. The molecule has 2 aromatic carbocycles. The van der Waals surface area contributed by atoms with Crippen LogP contribution in [0, 0.1) is 0 Å². The summed E-state index contributed by atoms with van der Waals surface area (Å²) in [7, 11) is 1.73. The molecule has 0 atom stereocenters. The minimum Gasteiger partial charge on any atom is -0.490 e. The lowest BCUT2D eigenvalue weighted by atomic mass is 10.3. The normalized spacial score (nSPS) is 10.0. The Labute approximate surface area is 130 Å². The zero-order valence-corrected chi connectivity index (χ0v) is 12.5. The first-order chi connectivity index (χ1) is 10.8. The molecule has 0 radical (unpaired) electrons. The Kier molecular flexibility index (Phi) is 6.26. The molecule has 0 unspecified atom stereocenters. The fourth-order valence-electron chi connectivity index (χ4n) is 1.88. The van der Waals surface area contributed by atoms with E-state index in [-0.39, 0.29) is 12.5 Å². The predicted molar refractivity (Wildman–Crippen MR) is 86.4 cm³/mol. The summed E-state index contributed by atoms with van der Waals surface area (Å²) in [6.45, 7) is 1.09. The number of carbonyl (C=O) groups excluding carboxylic acids is 1. The highest BCUT2D eigenvalue weighted by Gasteiger charge is 2.06. The van der Waals surface area contributed by atoms with Crippen LogP contribution >= 0.6 is 0 Å². The van der Waals surface area contributed by atoms with Gasteiger partial charge in [0.05, 0.1) is 12.2 Å². The topological polar surface area (TPSA) is 59.6 Å². The first kappa shape index (κ1) is 15.9. The predicted octanol–water partition coefficient (Wildman–Crippen LogP) is 2.30. The van der Waals surface area contributed by atoms with Crippen molar-refractivity contribution in [2.75, 3.05) is 32.1 Å². The highest BCUT2D eigenvalue weighted by Crippen LogP contribution is 2.23. The zero-order chi connectivity index (χ0) is 15.6. The minimum absolute atomic E-state index is 0.112. The summed E-state index contributed by atoms with van der Waals surface area (Å²) in [4.78, 5) is 11.6. The second kappa shape index (κ2) is 8.69. The van der Waals surface area contributed by atoms with Crippen LogP contribution in [0.25, 0.3) is 0 Å². The summed E-state index contributed by atoms with van der Waals surface area (Å²) in [5.74, 6) is 1.32. The minimum atomic E-state index is -0.112. The maximum atomic E-state index is 11.6. The SMILES string of the molecule is CNCC(=O)Nc1ccccc1OCCOc1ccccc1. The first-order valence-electron chi connectivity index (χ1n) is 7.13. The number of amides is 1. The molecule has 0 aromatic heterocycles. The van der Waals surface area contributed by atoms with Crippen molar-refractivity contribution in [3.8, 4) is 11.5 Å². The van der Waals surface area contributed by atoms with Crippen LogP contribution in [0.1, 0.15) is 0 Å². The molecule has 116 valence electrons. The highest BCUT2D eigenvalue weighted by molar-refractivity contribution is 5.93. The van der Waals surface area contributed by atoms with Crippen LogP contribution in [0.15, 0.2) is 54.6 Å². The number of hydrogen-bond acceptors (Lipinski definition) is 4. The monoisotopic (exact) mass is 300 g/mol. The first-order valence-corrected chi connectivity index (χ1v) is 7.13. The number of rotatable bonds is 8. The Morgan fingerprint density at radius 2 is 1.64 bits per heavy atom. The van der Waals surface area contributed by atoms with E-state index in [1.165, 1.54) is 0 Å². The van der Waals surface area contributed by atoms with Crippen LogP contribution in [0.4, 0.5) is 5.69 Å². The van der Waals surface area contributed by atoms with Gasteiger partial charge in [0.25, 0.3) is 0 Å². The summed E-state index contributed by atoms with van der Waals surface area (Å²) in [5, 5.41) is 5.61. The second-order valence-electron chi connectivity index (χ2n) is 4.58. The highest BCUT2D eigenvalue weighted by atomic mass is 16.5. The number of benzene rings is 2. The van der Waals surface area contributed by atoms with E-state index in [0.29, 0.717) is 24.7 Å². The lowest BCUT2D eigenvalue weighted by Crippen LogP contribution is -2.25. The van der Waals surface area contributed by atoms with E-state index in [0.717, 1.165) is 5.75 Å². The van der Waals surface area contributed by atoms with Gasteiger partial charge in [0.1, 0.15) is 24.7 Å². The van der Waals surface area contributed by atoms with Crippen molar-refractivity contribution >= 4 is 11.6 Å². The lowest BCUT2D eigenvalue weighted by Gasteiger charge is -2.13. The number of ether oxygens (including phenoxy) is 2. The number of likely N-dealkylation sites (N-methyl/N-ethyl adjacent to an activating group) is 1. The van der Waals surface area contributed by atoms with Crippen molar-refractivity contribution in [3.05, 3.63) is 54.6 Å². The molecular formula is C17H20N2O3. The maximum absolute atomic E-state index is 11.6. The molecule has 5 nitrogen and oxygen atoms in total. The third-order valence-electron chi connectivity index (χ3n) is 2.85. The molecule has 2 aromatic rings. The Balaban J connectivity index is 1.83. The zero-order valence-electron chi connectivity index (χ0n) is 12.5. The van der Waals surface area contributed by atoms with Crippen molar-refractivity contribution in [1.29, 1.82) is 0 Å². The van der Waals surface area contributed by atoms with E-state index in [4.69, 9.17) is 9.47 Å². The Morgan fingerprint density at radius 3 is 2.41 bits per heavy atom. The van der Waals surface area contributed by atoms with E-state index < -0.39 is 0 Å². The molecule has 0 bridgehead atoms. The smallest absolute Gasteiger partial charge is 0.238 e. The van der Waals surface area contributed by atoms with Gasteiger partial charge in [-0.1, -0.05) is 30.3 Å². The maximum Gasteiger partial charge on any atom is 0.238 e. The van der Waals surface area contributed by atoms with Gasteiger partial charge in [-0.15, -0.1) is 0 Å². The Hall–Kier alpha value is -2.53. The number of nitrogens with one attached hydrogen (secondary N) is 2. The van der Waals surface area contributed by atoms with Crippen LogP contribution in [-0.4, -0.2) is 32.7 Å². The third kappa shape index (κ3) is 5.10. The largest absolute Gasteiger partial charge is 0.490 e. The molecule has 0 saturated heterocycles. The van der Waals surface area contributed by atoms with Crippen molar-refractivity contribution in [2.45, 2.75) is 0 Å². The second-order valence-corrected chi connectivity index (χ2v) is 4.58. The standard InChI is InChI=1S/C17H20N2O3/c1-18-13-17(20)19-15-9-5-6-10-16(15)22-12-11-21-14-7-3-2-4-8-14/h2-10,18H,11-13H2,1H3,(H,19,20). The molecule has 0 aliphatic heterocycles. The van der Waals surface area contributed by atoms with Gasteiger partial charge in [-0.2, -0.15) is 0 Å². The number of anilines is 1. The summed E-state index contributed by atoms with van der Waals surface area (Å²) >= 11 is 0. The lowest BCUT2D eigenvalue weighted by molar-refractivity contribution is -0.115. The van der Waals surface area contributed by atoms with Crippen LogP contribution in [0.3, 0.4) is 0 Å². The van der Waals surface area contributed by atoms with Gasteiger partial charge in [0.15, 0.2) is 0 Å². The third-order valence-corrected chi connectivity index (χ3v) is 2.85. The molecule has 0 heterocycles. The van der Waals surface area contributed by atoms with Crippen LogP contribution in [0.5, 0.6) is 11.5 Å². The van der Waals surface area contributed by atoms with Crippen LogP contribution in [0.2, 0.25) is 0 Å². The van der Waals surface area contributed by atoms with Gasteiger partial charge in [0, 0.05) is 0 Å². The van der Waals surface area contributed by atoms with E-state index in [2.05, 4.69) is 10.6 Å². The van der Waals surface area contributed by atoms with E-state index in [1.54, 1.807) is 13.1 Å². The fraction of sp³-hybridized carbons (Fsp3) is 0.235. The van der Waals surface area contributed by atoms with Crippen molar-refractivity contribution < 1.29 is 14.3 Å². The summed E-state index contributed by atoms with van der Waals surface area (Å²) < 4.78 is 11.2. The van der Waals surface area contributed by atoms with Crippen LogP contribution < -0.4 is 20.1 Å². The number of para-hydroxylation sites is 3. The number of carbonyl (C=O) groups is 1. The molecule has 22 heavy (non-hydrogen) atoms. The molecule has 2 rings (SSSR count). The average molecular weight is 300 g/mol. The van der Waals surface area contributed by atoms with Crippen LogP contribution in [-0.2, 0) is 4.79 Å². The molecular weight excluding hydrogens is 280 g/mol. The van der Waals surface area contributed by atoms with Gasteiger partial charge in [-0.3, -0.25) is 4.79 Å². The van der Waals surface area contributed by atoms with Crippen molar-refractivity contribution in [2.24, 2.45) is 0 Å². The molecule has 5 heteroatoms. The Bertz CT molecular complexity index is 587. The molecule has 0 aliphatic carbocycles. The van der Waals surface area contributed by atoms with E-state index in [9.17, 15) is 4.79 Å². The van der Waals surface area contributed by atoms with Gasteiger partial charge in [-0.05, 0) is 31.3 Å². The molecule has 0 fully saturated rings. The molecule has 2 N–H and O–H groups in total. The van der Waals surface area contributed by atoms with Gasteiger partial charge < -0.3 is 20.1 Å². The summed E-state index contributed by atoms with van der Waals surface area (Å²) in [5.41, 5.74) is 0.655. The number of hydrogen-bond donors (Lipinski definition) is 2. The van der Waals surface area contributed by atoms with E-state index in [1.807, 2.05) is 48.5 Å². The van der Waals surface area contributed by atoms with Crippen molar-refractivity contribution in [3.63, 3.8) is 0 Å². The fourth-order valence-corrected chi connectivity index (χ4v) is 1.88. The van der Waals surface area contributed by atoms with Gasteiger partial charge in [0.2, 0.25) is 5.91 Å². The van der Waals surface area contributed by atoms with E-state index >= 15 is 0 Å². The van der Waals surface area contributed by atoms with Gasteiger partial charge in [-0.25, -0.2) is 0 Å². The molecule has 0 saturated carbocycles. The summed E-state index contributed by atoms with van der Waals surface area (Å²) in [6, 6.07) is 16.9. The molecule has 1 amide bonds. The van der Waals surface area contributed by atoms with Crippen molar-refractivity contribution in [1.82, 2.24) is 5.32 Å². The molecule has 0 aliphatic rings. The molecule has 0 spiro atoms. The Morgan fingerprint density at radius 1 is 0.955 bits per heavy atom. The summed E-state index contributed by atoms with van der Waals surface area (Å²) in [6.07, 6.45) is 0. The van der Waals surface area contributed by atoms with Gasteiger partial charge >= 0.3 is 0 Å². The quantitative estimate of drug-likeness (QED) is 0.735.